The molecule has 1 unspecified atom stereocenters. The van der Waals surface area contributed by atoms with Crippen LogP contribution in [0, 0.1) is 5.92 Å². The number of rotatable bonds is 35. The fourth-order valence-corrected chi connectivity index (χ4v) is 7.77. The van der Waals surface area contributed by atoms with Gasteiger partial charge in [0.15, 0.2) is 17.4 Å². The van der Waals surface area contributed by atoms with Crippen LogP contribution in [0.3, 0.4) is 0 Å². The number of aliphatic imine (C=N–C) groups is 1. The highest BCUT2D eigenvalue weighted by molar-refractivity contribution is 7.12. The van der Waals surface area contributed by atoms with E-state index in [0.717, 1.165) is 43.6 Å². The quantitative estimate of drug-likeness (QED) is 0.0562. The number of hydrogen-bond acceptors (Lipinski definition) is 5. The van der Waals surface area contributed by atoms with Crippen LogP contribution in [0.2, 0.25) is 0 Å². The van der Waals surface area contributed by atoms with Gasteiger partial charge in [-0.3, -0.25) is 14.6 Å². The van der Waals surface area contributed by atoms with E-state index in [0.29, 0.717) is 11.6 Å². The van der Waals surface area contributed by atoms with Gasteiger partial charge in [0.2, 0.25) is 0 Å². The van der Waals surface area contributed by atoms with Gasteiger partial charge in [0.1, 0.15) is 0 Å². The van der Waals surface area contributed by atoms with Crippen molar-refractivity contribution in [1.82, 2.24) is 5.32 Å². The number of ketones is 2. The molecule has 1 aromatic rings. The molecule has 0 fully saturated rings. The van der Waals surface area contributed by atoms with Crippen LogP contribution in [0.25, 0.3) is 0 Å². The first-order valence-electron chi connectivity index (χ1n) is 22.0. The lowest BCUT2D eigenvalue weighted by atomic mass is 9.93. The largest absolute Gasteiger partial charge is 0.366 e. The summed E-state index contributed by atoms with van der Waals surface area (Å²) in [6, 6.07) is 3.91. The Labute approximate surface area is 315 Å². The molecule has 1 atom stereocenters. The molecule has 0 saturated carbocycles. The summed E-state index contributed by atoms with van der Waals surface area (Å²) in [6.07, 6.45) is 42.7. The summed E-state index contributed by atoms with van der Waals surface area (Å²) in [5.41, 5.74) is 0. The third-order valence-electron chi connectivity index (χ3n) is 10.5. The smallest absolute Gasteiger partial charge is 0.200 e. The highest BCUT2D eigenvalue weighted by atomic mass is 32.1. The Morgan fingerprint density at radius 2 is 1.04 bits per heavy atom. The van der Waals surface area contributed by atoms with Crippen molar-refractivity contribution in [3.8, 4) is 0 Å². The topological polar surface area (TPSA) is 58.5 Å². The second kappa shape index (κ2) is 35.9. The third kappa shape index (κ3) is 27.2. The van der Waals surface area contributed by atoms with E-state index in [9.17, 15) is 9.59 Å². The van der Waals surface area contributed by atoms with Gasteiger partial charge in [0.25, 0.3) is 0 Å². The maximum Gasteiger partial charge on any atom is 0.200 e. The fourth-order valence-electron chi connectivity index (χ4n) is 7.08. The molecule has 0 spiro atoms. The van der Waals surface area contributed by atoms with Gasteiger partial charge in [-0.05, 0) is 30.7 Å². The van der Waals surface area contributed by atoms with E-state index >= 15 is 0 Å². The zero-order valence-corrected chi connectivity index (χ0v) is 34.3. The lowest BCUT2D eigenvalue weighted by molar-refractivity contribution is -0.117. The van der Waals surface area contributed by atoms with E-state index in [1.807, 2.05) is 17.5 Å². The number of nitrogens with one attached hydrogen (secondary N) is 1. The monoisotopic (exact) mass is 715 g/mol. The summed E-state index contributed by atoms with van der Waals surface area (Å²) < 4.78 is 0. The maximum atomic E-state index is 12.3. The normalized spacial score (nSPS) is 13.1. The highest BCUT2D eigenvalue weighted by Gasteiger charge is 2.23. The van der Waals surface area contributed by atoms with Crippen LogP contribution < -0.4 is 5.32 Å². The molecule has 0 saturated heterocycles. The van der Waals surface area contributed by atoms with Gasteiger partial charge in [0.05, 0.1) is 11.4 Å². The molecule has 2 heterocycles. The number of hydrogen-bond donors (Lipinski definition) is 1. The molecule has 1 aromatic heterocycles. The minimum Gasteiger partial charge on any atom is -0.366 e. The van der Waals surface area contributed by atoms with Gasteiger partial charge < -0.3 is 5.32 Å². The molecule has 1 aliphatic heterocycles. The van der Waals surface area contributed by atoms with Crippen LogP contribution in [-0.4, -0.2) is 30.5 Å². The van der Waals surface area contributed by atoms with Gasteiger partial charge in [-0.1, -0.05) is 207 Å². The number of Topliss-reactive ketones (excluding diaryl/α,β-unsaturated/α-hetero) is 2. The van der Waals surface area contributed by atoms with Gasteiger partial charge in [-0.2, -0.15) is 0 Å². The van der Waals surface area contributed by atoms with Crippen LogP contribution in [0.4, 0.5) is 0 Å². The zero-order chi connectivity index (χ0) is 36.2. The van der Waals surface area contributed by atoms with Crippen LogP contribution in [0.5, 0.6) is 0 Å². The van der Waals surface area contributed by atoms with Crippen molar-refractivity contribution in [3.63, 3.8) is 0 Å². The number of carbonyl (C=O) groups is 2. The van der Waals surface area contributed by atoms with Crippen molar-refractivity contribution in [2.24, 2.45) is 10.9 Å². The summed E-state index contributed by atoms with van der Waals surface area (Å²) in [6.45, 7) is 8.28. The van der Waals surface area contributed by atoms with Crippen LogP contribution in [0.1, 0.15) is 236 Å². The predicted molar refractivity (Wildman–Crippen MR) is 222 cm³/mol. The molecular weight excluding hydrogens is 633 g/mol. The SMILES string of the molecule is CCCCCCCCCCCCCCCCC(CC)C(=O)C1=NCCN1.CCCCCCCCCCCCCCCCCC(=O)c1cccs1. The molecular formula is C45H82N2O2S. The Morgan fingerprint density at radius 3 is 1.40 bits per heavy atom. The van der Waals surface area contributed by atoms with E-state index in [-0.39, 0.29) is 11.7 Å². The molecule has 2 rings (SSSR count). The third-order valence-corrected chi connectivity index (χ3v) is 11.4. The lowest BCUT2D eigenvalue weighted by Crippen LogP contribution is -2.32. The Hall–Kier alpha value is -1.49. The molecule has 1 aliphatic rings. The van der Waals surface area contributed by atoms with Gasteiger partial charge in [0, 0.05) is 18.9 Å². The summed E-state index contributed by atoms with van der Waals surface area (Å²) in [4.78, 5) is 29.4. The van der Waals surface area contributed by atoms with Crippen LogP contribution >= 0.6 is 11.3 Å². The molecule has 1 N–H and O–H groups in total. The Morgan fingerprint density at radius 1 is 0.620 bits per heavy atom. The number of nitrogens with zero attached hydrogens (tertiary/aromatic N) is 1. The lowest BCUT2D eigenvalue weighted by Gasteiger charge is -2.13. The van der Waals surface area contributed by atoms with Gasteiger partial charge >= 0.3 is 0 Å². The molecule has 5 heteroatoms. The zero-order valence-electron chi connectivity index (χ0n) is 33.5. The Bertz CT molecular complexity index is 912. The molecule has 50 heavy (non-hydrogen) atoms. The second-order valence-corrected chi connectivity index (χ2v) is 16.1. The Kier molecular flexibility index (Phi) is 33.4. The van der Waals surface area contributed by atoms with Gasteiger partial charge in [-0.25, -0.2) is 0 Å². The van der Waals surface area contributed by atoms with Crippen LogP contribution in [0.15, 0.2) is 22.5 Å². The first kappa shape index (κ1) is 46.5. The number of carbonyl (C=O) groups excluding carboxylic acids is 2. The number of thiophene rings is 1. The molecule has 0 aliphatic carbocycles. The van der Waals surface area contributed by atoms with Crippen molar-refractivity contribution in [2.45, 2.75) is 226 Å². The Balaban J connectivity index is 0.000000502. The molecule has 0 amide bonds. The molecule has 0 radical (unpaired) electrons. The molecule has 0 aromatic carbocycles. The molecule has 4 nitrogen and oxygen atoms in total. The first-order valence-corrected chi connectivity index (χ1v) is 22.9. The number of amidine groups is 1. The first-order chi connectivity index (χ1) is 24.6. The fraction of sp³-hybridized carbons (Fsp3) is 0.844. The van der Waals surface area contributed by atoms with Crippen molar-refractivity contribution in [2.75, 3.05) is 13.1 Å². The average molecular weight is 715 g/mol. The average Bonchev–Trinajstić information content (AvgIpc) is 3.88. The van der Waals surface area contributed by atoms with E-state index in [4.69, 9.17) is 0 Å². The predicted octanol–water partition coefficient (Wildman–Crippen LogP) is 14.6. The summed E-state index contributed by atoms with van der Waals surface area (Å²) in [7, 11) is 0. The van der Waals surface area contributed by atoms with Gasteiger partial charge in [-0.15, -0.1) is 11.3 Å². The van der Waals surface area contributed by atoms with E-state index in [1.54, 1.807) is 11.3 Å². The maximum absolute atomic E-state index is 12.3. The summed E-state index contributed by atoms with van der Waals surface area (Å²) >= 11 is 1.57. The summed E-state index contributed by atoms with van der Waals surface area (Å²) in [5, 5.41) is 5.11. The standard InChI is InChI=1S/C23H44N2O.C22H38OS/c1-3-5-6-7-8-9-10-11-12-13-14-15-16-17-18-21(4-2)22(26)23-24-19-20-25-23;1-2-3-4-5-6-7-8-9-10-11-12-13-14-15-16-18-21(23)22-19-17-20-24-22/h21H,3-20H2,1-2H3,(H,24,25);17,19-20H,2-16,18H2,1H3. The minimum absolute atomic E-state index is 0.177. The van der Waals surface area contributed by atoms with E-state index < -0.39 is 0 Å². The van der Waals surface area contributed by atoms with E-state index in [2.05, 4.69) is 31.1 Å². The molecule has 290 valence electrons. The van der Waals surface area contributed by atoms with E-state index in [1.165, 1.54) is 180 Å². The highest BCUT2D eigenvalue weighted by Crippen LogP contribution is 2.19. The summed E-state index contributed by atoms with van der Waals surface area (Å²) in [5.74, 6) is 1.40. The van der Waals surface area contributed by atoms with Crippen molar-refractivity contribution in [3.05, 3.63) is 22.4 Å². The van der Waals surface area contributed by atoms with Crippen molar-refractivity contribution >= 4 is 28.7 Å². The van der Waals surface area contributed by atoms with Crippen LogP contribution in [-0.2, 0) is 4.79 Å². The second-order valence-electron chi connectivity index (χ2n) is 15.1. The van der Waals surface area contributed by atoms with Crippen molar-refractivity contribution in [1.29, 1.82) is 0 Å². The number of unbranched alkanes of at least 4 members (excludes halogenated alkanes) is 27. The van der Waals surface area contributed by atoms with Crippen molar-refractivity contribution < 1.29 is 9.59 Å². The minimum atomic E-state index is 0.177. The molecule has 0 bridgehead atoms.